The quantitative estimate of drug-likeness (QED) is 0.0640. The highest BCUT2D eigenvalue weighted by atomic mass is 16.2. The molecule has 8 N–H and O–H groups in total. The van der Waals surface area contributed by atoms with E-state index < -0.39 is 22.7 Å². The van der Waals surface area contributed by atoms with Gasteiger partial charge in [0.15, 0.2) is 0 Å². The minimum absolute atomic E-state index is 0.0149. The Labute approximate surface area is 267 Å². The Hall–Kier alpha value is -5.33. The molecule has 0 bridgehead atoms. The summed E-state index contributed by atoms with van der Waals surface area (Å²) in [5.41, 5.74) is 15.0. The van der Waals surface area contributed by atoms with Crippen LogP contribution in [0.5, 0.6) is 0 Å². The number of hydrogen-bond donors (Lipinski definition) is 5. The largest absolute Gasteiger partial charge is 0.394 e. The fourth-order valence-electron chi connectivity index (χ4n) is 5.53. The number of rotatable bonds is 7. The van der Waals surface area contributed by atoms with Crippen LogP contribution in [0, 0.1) is 5.92 Å². The van der Waals surface area contributed by atoms with Crippen LogP contribution >= 0.6 is 0 Å². The number of amidine groups is 1. The van der Waals surface area contributed by atoms with Gasteiger partial charge in [-0.15, -0.1) is 0 Å². The van der Waals surface area contributed by atoms with Crippen LogP contribution in [0.25, 0.3) is 0 Å². The summed E-state index contributed by atoms with van der Waals surface area (Å²) in [6.07, 6.45) is 9.82. The molecule has 0 radical (unpaired) electrons. The number of nitrogen functional groups attached to an aromatic ring is 1. The topological polar surface area (TPSA) is 212 Å². The maximum Gasteiger partial charge on any atom is 0.270 e. The summed E-state index contributed by atoms with van der Waals surface area (Å²) in [5, 5.41) is 9.44. The van der Waals surface area contributed by atoms with Gasteiger partial charge in [0.25, 0.3) is 22.7 Å². The molecule has 0 saturated carbocycles. The third kappa shape index (κ3) is 7.65. The van der Waals surface area contributed by atoms with Gasteiger partial charge in [-0.05, 0) is 49.3 Å². The lowest BCUT2D eigenvalue weighted by Gasteiger charge is -2.32. The molecule has 2 amide bonds. The molecule has 242 valence electrons. The van der Waals surface area contributed by atoms with Gasteiger partial charge in [0.1, 0.15) is 34.9 Å². The Bertz CT molecular complexity index is 1750. The molecule has 13 heteroatoms. The molecule has 0 spiro atoms. The van der Waals surface area contributed by atoms with Crippen LogP contribution in [-0.4, -0.2) is 40.2 Å². The third-order valence-corrected chi connectivity index (χ3v) is 8.04. The minimum Gasteiger partial charge on any atom is -0.394 e. The van der Waals surface area contributed by atoms with Gasteiger partial charge in [-0.25, -0.2) is 9.97 Å². The van der Waals surface area contributed by atoms with Gasteiger partial charge < -0.3 is 32.8 Å². The summed E-state index contributed by atoms with van der Waals surface area (Å²) >= 11 is 0. The number of anilines is 2. The molecule has 13 nitrogen and oxygen atoms in total. The number of aromatic nitrogens is 2. The van der Waals surface area contributed by atoms with E-state index in [0.29, 0.717) is 38.2 Å². The molecule has 2 aromatic carbocycles. The van der Waals surface area contributed by atoms with Crippen molar-refractivity contribution in [1.29, 1.82) is 0 Å². The Morgan fingerprint density at radius 2 is 1.78 bits per heavy atom. The number of nitrogens with two attached hydrogens (primary N) is 3. The maximum absolute atomic E-state index is 13.1. The second kappa shape index (κ2) is 15.1. The normalized spacial score (nSPS) is 20.0. The van der Waals surface area contributed by atoms with Gasteiger partial charge in [0.2, 0.25) is 0 Å². The van der Waals surface area contributed by atoms with Gasteiger partial charge >= 0.3 is 0 Å². The number of amides is 2. The summed E-state index contributed by atoms with van der Waals surface area (Å²) in [6, 6.07) is 7.01. The maximum atomic E-state index is 13.1. The minimum atomic E-state index is -0.634. The zero-order valence-corrected chi connectivity index (χ0v) is 26.4. The molecule has 3 aromatic rings. The van der Waals surface area contributed by atoms with Crippen molar-refractivity contribution in [3.63, 3.8) is 0 Å². The van der Waals surface area contributed by atoms with Crippen LogP contribution in [-0.2, 0) is 19.5 Å². The molecule has 2 atom stereocenters. The zero-order chi connectivity index (χ0) is 33.4. The molecule has 1 aromatic heterocycles. The van der Waals surface area contributed by atoms with E-state index in [1.54, 1.807) is 0 Å². The number of nitrogens with one attached hydrogen (secondary N) is 2. The van der Waals surface area contributed by atoms with Crippen molar-refractivity contribution in [2.45, 2.75) is 65.6 Å². The third-order valence-electron chi connectivity index (χ3n) is 8.04. The predicted octanol–water partition coefficient (Wildman–Crippen LogP) is 1.81. The molecule has 46 heavy (non-hydrogen) atoms. The highest BCUT2D eigenvalue weighted by molar-refractivity contribution is 5.97. The van der Waals surface area contributed by atoms with Crippen LogP contribution in [0.3, 0.4) is 0 Å². The number of hydrazone groups is 1. The molecular formula is C33H41N9O4. The fraction of sp³-hybridized carbons (Fsp3) is 0.364. The lowest BCUT2D eigenvalue weighted by Crippen LogP contribution is -2.44. The van der Waals surface area contributed by atoms with Crippen LogP contribution in [0.15, 0.2) is 69.1 Å². The number of nitrogens with zero attached hydrogens (tertiary/aromatic N) is 4. The first-order valence-corrected chi connectivity index (χ1v) is 15.4. The molecule has 0 fully saturated rings. The van der Waals surface area contributed by atoms with Crippen molar-refractivity contribution in [2.75, 3.05) is 17.2 Å². The lowest BCUT2D eigenvalue weighted by atomic mass is 9.96. The second-order valence-electron chi connectivity index (χ2n) is 11.1. The fourth-order valence-corrected chi connectivity index (χ4v) is 5.53. The first-order chi connectivity index (χ1) is 22.1. The molecular weight excluding hydrogens is 586 g/mol. The monoisotopic (exact) mass is 627 g/mol. The van der Waals surface area contributed by atoms with Gasteiger partial charge in [-0.2, -0.15) is 5.10 Å². The Kier molecular flexibility index (Phi) is 11.0. The van der Waals surface area contributed by atoms with Gasteiger partial charge in [-0.1, -0.05) is 55.8 Å². The summed E-state index contributed by atoms with van der Waals surface area (Å²) < 4.78 is 0. The number of fused-ring (bicyclic) bond motifs is 1. The van der Waals surface area contributed by atoms with Crippen molar-refractivity contribution in [2.24, 2.45) is 22.6 Å². The summed E-state index contributed by atoms with van der Waals surface area (Å²) in [4.78, 5) is 59.5. The average molecular weight is 628 g/mol. The van der Waals surface area contributed by atoms with E-state index in [9.17, 15) is 19.2 Å². The Morgan fingerprint density at radius 1 is 1.04 bits per heavy atom. The van der Waals surface area contributed by atoms with Crippen LogP contribution in [0.2, 0.25) is 0 Å². The van der Waals surface area contributed by atoms with Gasteiger partial charge in [-0.3, -0.25) is 19.2 Å². The van der Waals surface area contributed by atoms with Crippen molar-refractivity contribution in [3.8, 4) is 0 Å². The van der Waals surface area contributed by atoms with Crippen molar-refractivity contribution in [1.82, 2.24) is 20.6 Å². The van der Waals surface area contributed by atoms with E-state index in [1.807, 2.05) is 62.1 Å². The number of carbonyl (C=O) groups excluding carboxylic acids is 2. The number of benzene rings is 1. The van der Waals surface area contributed by atoms with Crippen LogP contribution in [0.1, 0.15) is 77.7 Å². The zero-order valence-electron chi connectivity index (χ0n) is 26.4. The summed E-state index contributed by atoms with van der Waals surface area (Å²) in [5.74, 6) is 4.74. The number of allylic oxidation sites excluding steroid dienone is 2. The van der Waals surface area contributed by atoms with Crippen molar-refractivity contribution < 1.29 is 9.59 Å². The second-order valence-corrected chi connectivity index (χ2v) is 11.1. The molecule has 2 aliphatic rings. The lowest BCUT2D eigenvalue weighted by molar-refractivity contribution is 0.0937. The smallest absolute Gasteiger partial charge is 0.270 e. The van der Waals surface area contributed by atoms with E-state index in [-0.39, 0.29) is 41.3 Å². The van der Waals surface area contributed by atoms with E-state index >= 15 is 0 Å². The Morgan fingerprint density at radius 3 is 2.50 bits per heavy atom. The predicted molar refractivity (Wildman–Crippen MR) is 179 cm³/mol. The molecule has 2 heterocycles. The van der Waals surface area contributed by atoms with Gasteiger partial charge in [0.05, 0.1) is 0 Å². The van der Waals surface area contributed by atoms with Gasteiger partial charge in [0, 0.05) is 37.7 Å². The number of carbonyl (C=O) groups is 2. The highest BCUT2D eigenvalue weighted by Gasteiger charge is 2.27. The molecule has 0 saturated heterocycles. The van der Waals surface area contributed by atoms with E-state index in [2.05, 4.69) is 25.7 Å². The van der Waals surface area contributed by atoms with E-state index in [4.69, 9.17) is 17.3 Å². The first kappa shape index (κ1) is 33.6. The first-order valence-electron chi connectivity index (χ1n) is 15.4. The van der Waals surface area contributed by atoms with E-state index in [1.165, 1.54) is 12.4 Å². The molecule has 1 aliphatic heterocycles. The highest BCUT2D eigenvalue weighted by Crippen LogP contribution is 2.26. The van der Waals surface area contributed by atoms with Crippen molar-refractivity contribution in [3.05, 3.63) is 103 Å². The Balaban J connectivity index is 0.00000235. The summed E-state index contributed by atoms with van der Waals surface area (Å²) in [6.45, 7) is 7.26. The van der Waals surface area contributed by atoms with Crippen LogP contribution in [0.4, 0.5) is 11.4 Å². The van der Waals surface area contributed by atoms with Crippen LogP contribution < -0.4 is 43.7 Å². The number of hydrogen-bond acceptors (Lipinski definition) is 10. The average Bonchev–Trinajstić information content (AvgIpc) is 3.17. The molecule has 1 aliphatic carbocycles. The standard InChI is InChI=1S/C31H35N9O4.C2H6/c1-17-5-8-22(4-2-3-20(11-17)29(33)39-34)38-31(44)24-13-23(36-16-37-24)30(43)35-14-18-6-7-19-9-10-40(15-21(19)12-18)26-25(32)27(41)28(26)42;1-2/h2,4,6-7,11-13,16,20,22H,3,5,8-10,14-15,32,34H2,1H3,(H2,33,39)(H,35,43)(H,38,44);1-2H3/b4-2+,17-11+;. The van der Waals surface area contributed by atoms with E-state index in [0.717, 1.165) is 28.7 Å². The molecule has 2 unspecified atom stereocenters. The molecule has 5 rings (SSSR count). The van der Waals surface area contributed by atoms with Crippen molar-refractivity contribution >= 4 is 29.0 Å². The summed E-state index contributed by atoms with van der Waals surface area (Å²) in [7, 11) is 0. The SMILES string of the molecule is C/C1=C\C(/C(N)=N/N)C/C=C/C(NC(=O)c2cc(C(=O)NCc3ccc4c(c3)CN(c3c(N)c(=O)c3=O)CC4)ncn2)CC1.CC.